The fourth-order valence-electron chi connectivity index (χ4n) is 7.20. The molecule has 6 aromatic carbocycles. The van der Waals surface area contributed by atoms with E-state index < -0.39 is 14.5 Å². The van der Waals surface area contributed by atoms with E-state index in [1.165, 1.54) is 10.6 Å². The average molecular weight is 766 g/mol. The summed E-state index contributed by atoms with van der Waals surface area (Å²) in [4.78, 5) is 0. The first-order valence-electron chi connectivity index (χ1n) is 16.5. The van der Waals surface area contributed by atoms with E-state index in [0.717, 1.165) is 55.3 Å². The molecule has 0 aliphatic carbocycles. The Morgan fingerprint density at radius 1 is 0.308 bits per heavy atom. The lowest BCUT2D eigenvalue weighted by Gasteiger charge is -2.36. The zero-order chi connectivity index (χ0) is 34.6. The highest BCUT2D eigenvalue weighted by molar-refractivity contribution is 8.08. The number of rotatable bonds is 10. The third-order valence-corrected chi connectivity index (χ3v) is 17.9. The van der Waals surface area contributed by atoms with Crippen LogP contribution in [0.1, 0.15) is 11.1 Å². The predicted octanol–water partition coefficient (Wildman–Crippen LogP) is 3.38. The topological polar surface area (TPSA) is 36.9 Å². The summed E-state index contributed by atoms with van der Waals surface area (Å²) < 4.78 is 25.0. The first-order valence-corrected chi connectivity index (χ1v) is 20.2. The van der Waals surface area contributed by atoms with Gasteiger partial charge >= 0.3 is 0 Å². The van der Waals surface area contributed by atoms with E-state index in [0.29, 0.717) is 0 Å². The molecule has 0 bridgehead atoms. The fraction of sp³-hybridized carbons (Fsp3) is 0.0909. The van der Waals surface area contributed by atoms with E-state index in [1.54, 1.807) is 28.4 Å². The summed E-state index contributed by atoms with van der Waals surface area (Å²) in [6.07, 6.45) is 0. The van der Waals surface area contributed by atoms with Gasteiger partial charge in [-0.2, -0.15) is 0 Å². The van der Waals surface area contributed by atoms with Crippen molar-refractivity contribution in [2.45, 2.75) is 0 Å². The van der Waals surface area contributed by atoms with Crippen LogP contribution in [0.2, 0.25) is 0 Å². The van der Waals surface area contributed by atoms with E-state index in [4.69, 9.17) is 18.9 Å². The fourth-order valence-corrected chi connectivity index (χ4v) is 17.6. The second-order valence-electron chi connectivity index (χ2n) is 11.9. The molecule has 52 heavy (non-hydrogen) atoms. The Labute approximate surface area is 320 Å². The molecular formula is C44H40Cl2O4P2. The minimum Gasteiger partial charge on any atom is -1.00 e. The maximum absolute atomic E-state index is 6.24. The Balaban J connectivity index is 0.00000261. The van der Waals surface area contributed by atoms with Crippen LogP contribution in [0.4, 0.5) is 0 Å². The van der Waals surface area contributed by atoms with Crippen LogP contribution in [0, 0.1) is 0 Å². The van der Waals surface area contributed by atoms with Gasteiger partial charge in [0.1, 0.15) is 11.6 Å². The van der Waals surface area contributed by atoms with Gasteiger partial charge in [-0.3, -0.25) is 0 Å². The summed E-state index contributed by atoms with van der Waals surface area (Å²) >= 11 is 0. The Morgan fingerprint density at radius 2 is 0.538 bits per heavy atom. The van der Waals surface area contributed by atoms with Crippen molar-refractivity contribution in [3.05, 3.63) is 180 Å². The molecule has 264 valence electrons. The molecule has 0 atom stereocenters. The van der Waals surface area contributed by atoms with Crippen LogP contribution in [0.3, 0.4) is 0 Å². The minimum absolute atomic E-state index is 0. The molecule has 7 rings (SSSR count). The highest BCUT2D eigenvalue weighted by atomic mass is 35.5. The van der Waals surface area contributed by atoms with Crippen molar-refractivity contribution in [3.63, 3.8) is 0 Å². The van der Waals surface area contributed by atoms with Crippen molar-refractivity contribution in [3.8, 4) is 23.0 Å². The Kier molecular flexibility index (Phi) is 12.5. The highest BCUT2D eigenvalue weighted by Gasteiger charge is 2.63. The van der Waals surface area contributed by atoms with Gasteiger partial charge in [-0.1, -0.05) is 109 Å². The van der Waals surface area contributed by atoms with Crippen LogP contribution < -0.4 is 65.0 Å². The summed E-state index contributed by atoms with van der Waals surface area (Å²) in [6, 6.07) is 55.4. The first kappa shape index (κ1) is 38.7. The molecule has 4 nitrogen and oxygen atoms in total. The Bertz CT molecular complexity index is 1940. The number of ether oxygens (including phenoxy) is 4. The summed E-state index contributed by atoms with van der Waals surface area (Å²) in [5.41, 5.74) is 2.27. The van der Waals surface area contributed by atoms with Gasteiger partial charge in [0.2, 0.25) is 0 Å². The molecule has 0 amide bonds. The van der Waals surface area contributed by atoms with Crippen LogP contribution in [0.5, 0.6) is 23.0 Å². The lowest BCUT2D eigenvalue weighted by atomic mass is 10.2. The van der Waals surface area contributed by atoms with Crippen LogP contribution in [0.15, 0.2) is 169 Å². The van der Waals surface area contributed by atoms with Crippen molar-refractivity contribution in [2.75, 3.05) is 28.4 Å². The summed E-state index contributed by atoms with van der Waals surface area (Å²) in [7, 11) is 1.58. The first-order chi connectivity index (χ1) is 24.6. The molecule has 0 spiro atoms. The van der Waals surface area contributed by atoms with E-state index in [1.807, 2.05) is 24.3 Å². The van der Waals surface area contributed by atoms with Gasteiger partial charge in [0.15, 0.2) is 69.4 Å². The number of methoxy groups -OCH3 is 4. The zero-order valence-electron chi connectivity index (χ0n) is 29.4. The summed E-state index contributed by atoms with van der Waals surface area (Å²) in [5.74, 6) is 8.51. The predicted molar refractivity (Wildman–Crippen MR) is 213 cm³/mol. The van der Waals surface area contributed by atoms with Crippen molar-refractivity contribution in [2.24, 2.45) is 0 Å². The standard InChI is InChI=1S/C44H40O4P2.2ClH/c1-45-35-23-11-15-27-39(35)49(40-28-16-12-24-36(40)46-2)31-44(34-21-9-6-10-22-34)50(41-29-17-13-25-37(41)47-3,42-30-18-14-26-38(42)48-4)32-43(49)33-19-7-5-8-20-33;;/h5-32H,1-4H3;2*1H/q+2;;/p-2. The Morgan fingerprint density at radius 3 is 0.788 bits per heavy atom. The number of para-hydroxylation sites is 4. The van der Waals surface area contributed by atoms with Gasteiger partial charge in [0.05, 0.1) is 28.4 Å². The normalized spacial score (nSPS) is 14.0. The van der Waals surface area contributed by atoms with Crippen LogP contribution >= 0.6 is 14.5 Å². The monoisotopic (exact) mass is 764 g/mol. The van der Waals surface area contributed by atoms with Crippen molar-refractivity contribution < 1.29 is 43.8 Å². The van der Waals surface area contributed by atoms with E-state index >= 15 is 0 Å². The molecule has 1 aliphatic rings. The van der Waals surface area contributed by atoms with Gasteiger partial charge in [-0.15, -0.1) is 0 Å². The molecule has 8 heteroatoms. The molecular weight excluding hydrogens is 725 g/mol. The van der Waals surface area contributed by atoms with E-state index in [9.17, 15) is 0 Å². The third-order valence-electron chi connectivity index (χ3n) is 9.39. The van der Waals surface area contributed by atoms with E-state index in [2.05, 4.69) is 145 Å². The number of benzene rings is 6. The van der Waals surface area contributed by atoms with Crippen LogP contribution in [-0.4, -0.2) is 28.4 Å². The third kappa shape index (κ3) is 6.51. The maximum Gasteiger partial charge on any atom is 0.162 e. The zero-order valence-corrected chi connectivity index (χ0v) is 32.7. The lowest BCUT2D eigenvalue weighted by Crippen LogP contribution is -3.00. The van der Waals surface area contributed by atoms with Crippen LogP contribution in [0.25, 0.3) is 10.6 Å². The van der Waals surface area contributed by atoms with Crippen molar-refractivity contribution in [1.29, 1.82) is 0 Å². The SMILES string of the molecule is COc1ccccc1[P+]1(c2ccccc2OC)C=C(c2ccccc2)[P+](c2ccccc2OC)(c2ccccc2OC)C=C1c1ccccc1.[Cl-].[Cl-]. The summed E-state index contributed by atoms with van der Waals surface area (Å²) in [5, 5.41) is 6.91. The smallest absolute Gasteiger partial charge is 0.162 e. The maximum atomic E-state index is 6.24. The molecule has 0 saturated carbocycles. The van der Waals surface area contributed by atoms with Gasteiger partial charge < -0.3 is 43.8 Å². The van der Waals surface area contributed by atoms with Gasteiger partial charge in [-0.05, 0) is 48.5 Å². The second kappa shape index (κ2) is 16.8. The highest BCUT2D eigenvalue weighted by Crippen LogP contribution is 2.84. The van der Waals surface area contributed by atoms with E-state index in [-0.39, 0.29) is 24.8 Å². The quantitative estimate of drug-likeness (QED) is 0.201. The minimum atomic E-state index is -2.73. The van der Waals surface area contributed by atoms with Crippen molar-refractivity contribution in [1.82, 2.24) is 0 Å². The van der Waals surface area contributed by atoms with Crippen LogP contribution in [-0.2, 0) is 0 Å². The summed E-state index contributed by atoms with van der Waals surface area (Å²) in [6.45, 7) is 0. The average Bonchev–Trinajstić information content (AvgIpc) is 3.21. The molecule has 0 aromatic heterocycles. The van der Waals surface area contributed by atoms with Gasteiger partial charge in [0.25, 0.3) is 0 Å². The molecule has 0 unspecified atom stereocenters. The number of hydrogen-bond donors (Lipinski definition) is 0. The number of halogens is 2. The molecule has 0 fully saturated rings. The molecule has 0 saturated heterocycles. The van der Waals surface area contributed by atoms with Gasteiger partial charge in [0, 0.05) is 11.1 Å². The molecule has 6 aromatic rings. The molecule has 0 radical (unpaired) electrons. The molecule has 1 aliphatic heterocycles. The Hall–Kier alpha value is -4.56. The largest absolute Gasteiger partial charge is 1.00 e. The second-order valence-corrected chi connectivity index (χ2v) is 18.2. The number of hydrogen-bond acceptors (Lipinski definition) is 4. The molecule has 1 heterocycles. The molecule has 0 N–H and O–H groups in total. The lowest BCUT2D eigenvalue weighted by molar-refractivity contribution is -0.001000. The van der Waals surface area contributed by atoms with Gasteiger partial charge in [-0.25, -0.2) is 0 Å². The van der Waals surface area contributed by atoms with Crippen molar-refractivity contribution >= 4 is 46.4 Å².